The minimum atomic E-state index is -0.144. The second-order valence-corrected chi connectivity index (χ2v) is 14.5. The maximum atomic E-state index is 5.43. The first-order valence-corrected chi connectivity index (χ1v) is 17.8. The van der Waals surface area contributed by atoms with Gasteiger partial charge in [0.15, 0.2) is 0 Å². The van der Waals surface area contributed by atoms with Crippen molar-refractivity contribution in [2.45, 2.75) is 19.3 Å². The third kappa shape index (κ3) is 3.93. The quantitative estimate of drug-likeness (QED) is 0.138. The molecule has 0 saturated heterocycles. The summed E-state index contributed by atoms with van der Waals surface area (Å²) in [5, 5.41) is 10.7. The Hall–Kier alpha value is -6.38. The molecule has 1 aliphatic carbocycles. The molecule has 0 bridgehead atoms. The van der Waals surface area contributed by atoms with E-state index in [1.165, 1.54) is 65.5 Å². The molecule has 51 heavy (non-hydrogen) atoms. The summed E-state index contributed by atoms with van der Waals surface area (Å²) in [4.78, 5) is 10.9. The molecular formula is C49H32N2. The van der Waals surface area contributed by atoms with E-state index < -0.39 is 0 Å². The Morgan fingerprint density at radius 3 is 1.78 bits per heavy atom. The van der Waals surface area contributed by atoms with Crippen LogP contribution in [0.2, 0.25) is 0 Å². The van der Waals surface area contributed by atoms with Gasteiger partial charge >= 0.3 is 0 Å². The van der Waals surface area contributed by atoms with Crippen LogP contribution >= 0.6 is 0 Å². The predicted octanol–water partition coefficient (Wildman–Crippen LogP) is 13.0. The first-order chi connectivity index (χ1) is 25.1. The molecule has 0 atom stereocenters. The van der Waals surface area contributed by atoms with Crippen LogP contribution in [0.3, 0.4) is 0 Å². The standard InChI is InChI=1S/C49H32N2/c1-49(2)41-20-9-7-18-35(41)36-26-27-40-44(45(36)49)37-19-8-10-21-42(37)50-46(40)32-15-11-14-31(28-32)43-38-24-22-29-12-3-5-16-33(29)47(38)51-48-34-17-6-4-13-30(34)23-25-39(43)48/h3-28H,1-2H3. The molecule has 10 aromatic rings. The molecule has 0 amide bonds. The summed E-state index contributed by atoms with van der Waals surface area (Å²) < 4.78 is 0. The zero-order valence-electron chi connectivity index (χ0n) is 28.4. The molecule has 11 rings (SSSR count). The zero-order chi connectivity index (χ0) is 33.8. The molecule has 2 heteroatoms. The minimum absolute atomic E-state index is 0.144. The highest BCUT2D eigenvalue weighted by atomic mass is 14.7. The summed E-state index contributed by atoms with van der Waals surface area (Å²) in [7, 11) is 0. The van der Waals surface area contributed by atoms with Gasteiger partial charge in [0.1, 0.15) is 0 Å². The fraction of sp³-hybridized carbons (Fsp3) is 0.0612. The Morgan fingerprint density at radius 1 is 0.431 bits per heavy atom. The Kier molecular flexibility index (Phi) is 5.76. The van der Waals surface area contributed by atoms with Crippen LogP contribution in [0.25, 0.3) is 98.5 Å². The van der Waals surface area contributed by atoms with E-state index in [4.69, 9.17) is 9.97 Å². The molecule has 0 aliphatic heterocycles. The molecule has 1 aliphatic rings. The van der Waals surface area contributed by atoms with Gasteiger partial charge in [-0.1, -0.05) is 159 Å². The molecule has 2 heterocycles. The van der Waals surface area contributed by atoms with E-state index in [1.807, 2.05) is 0 Å². The fourth-order valence-electron chi connectivity index (χ4n) is 9.08. The van der Waals surface area contributed by atoms with Gasteiger partial charge in [0.2, 0.25) is 0 Å². The van der Waals surface area contributed by atoms with Crippen molar-refractivity contribution in [1.82, 2.24) is 9.97 Å². The van der Waals surface area contributed by atoms with Gasteiger partial charge in [-0.05, 0) is 56.1 Å². The molecule has 0 unspecified atom stereocenters. The summed E-state index contributed by atoms with van der Waals surface area (Å²) in [6.07, 6.45) is 0. The van der Waals surface area contributed by atoms with E-state index >= 15 is 0 Å². The molecule has 0 saturated carbocycles. The highest BCUT2D eigenvalue weighted by Gasteiger charge is 2.37. The summed E-state index contributed by atoms with van der Waals surface area (Å²) in [6.45, 7) is 4.75. The molecule has 0 N–H and O–H groups in total. The zero-order valence-corrected chi connectivity index (χ0v) is 28.4. The molecule has 8 aromatic carbocycles. The van der Waals surface area contributed by atoms with Crippen LogP contribution in [0.1, 0.15) is 25.0 Å². The van der Waals surface area contributed by atoms with Crippen molar-refractivity contribution < 1.29 is 0 Å². The third-order valence-electron chi connectivity index (χ3n) is 11.4. The maximum Gasteiger partial charge on any atom is 0.0794 e. The van der Waals surface area contributed by atoms with E-state index in [9.17, 15) is 0 Å². The number of pyridine rings is 2. The average Bonchev–Trinajstić information content (AvgIpc) is 3.42. The van der Waals surface area contributed by atoms with Crippen LogP contribution < -0.4 is 0 Å². The molecular weight excluding hydrogens is 617 g/mol. The number of para-hydroxylation sites is 1. The van der Waals surface area contributed by atoms with E-state index in [0.717, 1.165) is 44.1 Å². The molecule has 2 aromatic heterocycles. The number of nitrogens with zero attached hydrogens (tertiary/aromatic N) is 2. The monoisotopic (exact) mass is 648 g/mol. The van der Waals surface area contributed by atoms with Gasteiger partial charge in [0.05, 0.1) is 22.2 Å². The number of benzene rings is 8. The second-order valence-electron chi connectivity index (χ2n) is 14.5. The Balaban J connectivity index is 1.23. The van der Waals surface area contributed by atoms with Gasteiger partial charge < -0.3 is 0 Å². The van der Waals surface area contributed by atoms with Gasteiger partial charge in [-0.15, -0.1) is 0 Å². The van der Waals surface area contributed by atoms with Gasteiger partial charge in [0.25, 0.3) is 0 Å². The fourth-order valence-corrected chi connectivity index (χ4v) is 9.08. The molecule has 2 nitrogen and oxygen atoms in total. The smallest absolute Gasteiger partial charge is 0.0794 e. The largest absolute Gasteiger partial charge is 0.247 e. The topological polar surface area (TPSA) is 25.8 Å². The van der Waals surface area contributed by atoms with Crippen LogP contribution in [0.4, 0.5) is 0 Å². The molecule has 0 radical (unpaired) electrons. The van der Waals surface area contributed by atoms with Crippen molar-refractivity contribution in [3.63, 3.8) is 0 Å². The van der Waals surface area contributed by atoms with Crippen molar-refractivity contribution in [1.29, 1.82) is 0 Å². The molecule has 0 fully saturated rings. The Labute approximate surface area is 295 Å². The van der Waals surface area contributed by atoms with Gasteiger partial charge in [-0.3, -0.25) is 0 Å². The third-order valence-corrected chi connectivity index (χ3v) is 11.4. The molecule has 238 valence electrons. The van der Waals surface area contributed by atoms with E-state index in [0.29, 0.717) is 0 Å². The van der Waals surface area contributed by atoms with Crippen molar-refractivity contribution in [2.75, 3.05) is 0 Å². The Bertz CT molecular complexity index is 3020. The summed E-state index contributed by atoms with van der Waals surface area (Å²) >= 11 is 0. The normalized spacial score (nSPS) is 13.5. The van der Waals surface area contributed by atoms with Crippen molar-refractivity contribution >= 4 is 65.0 Å². The average molecular weight is 649 g/mol. The number of rotatable bonds is 2. The first-order valence-electron chi connectivity index (χ1n) is 17.8. The van der Waals surface area contributed by atoms with Crippen molar-refractivity contribution in [2.24, 2.45) is 0 Å². The number of hydrogen-bond acceptors (Lipinski definition) is 2. The van der Waals surface area contributed by atoms with Crippen LogP contribution in [0, 0.1) is 0 Å². The minimum Gasteiger partial charge on any atom is -0.247 e. The van der Waals surface area contributed by atoms with Gasteiger partial charge in [-0.25, -0.2) is 9.97 Å². The van der Waals surface area contributed by atoms with Crippen LogP contribution in [0.5, 0.6) is 0 Å². The summed E-state index contributed by atoms with van der Waals surface area (Å²) in [6, 6.07) is 57.4. The first kappa shape index (κ1) is 28.5. The van der Waals surface area contributed by atoms with Gasteiger partial charge in [0, 0.05) is 48.9 Å². The maximum absolute atomic E-state index is 5.43. The lowest BCUT2D eigenvalue weighted by atomic mass is 9.79. The van der Waals surface area contributed by atoms with Crippen molar-refractivity contribution in [3.8, 4) is 33.5 Å². The van der Waals surface area contributed by atoms with E-state index in [-0.39, 0.29) is 5.41 Å². The number of aromatic nitrogens is 2. The van der Waals surface area contributed by atoms with Crippen molar-refractivity contribution in [3.05, 3.63) is 169 Å². The second kappa shape index (κ2) is 10.3. The van der Waals surface area contributed by atoms with Crippen LogP contribution in [-0.2, 0) is 5.41 Å². The number of hydrogen-bond donors (Lipinski definition) is 0. The van der Waals surface area contributed by atoms with Crippen LogP contribution in [-0.4, -0.2) is 9.97 Å². The van der Waals surface area contributed by atoms with E-state index in [2.05, 4.69) is 172 Å². The summed E-state index contributed by atoms with van der Waals surface area (Å²) in [5.41, 5.74) is 12.9. The highest BCUT2D eigenvalue weighted by Crippen LogP contribution is 2.53. The van der Waals surface area contributed by atoms with Crippen LogP contribution in [0.15, 0.2) is 158 Å². The molecule has 0 spiro atoms. The highest BCUT2D eigenvalue weighted by molar-refractivity contribution is 6.22. The summed E-state index contributed by atoms with van der Waals surface area (Å²) in [5.74, 6) is 0. The van der Waals surface area contributed by atoms with Gasteiger partial charge in [-0.2, -0.15) is 0 Å². The van der Waals surface area contributed by atoms with E-state index in [1.54, 1.807) is 0 Å². The predicted molar refractivity (Wildman–Crippen MR) is 216 cm³/mol. The Morgan fingerprint density at radius 2 is 1.04 bits per heavy atom. The lowest BCUT2D eigenvalue weighted by Crippen LogP contribution is -2.15. The SMILES string of the molecule is CC1(C)c2ccccc2-c2ccc3c(-c4cccc(-c5c6ccc7ccccc7c6nc6c5ccc5ccccc56)c4)nc4ccccc4c3c21. The lowest BCUT2D eigenvalue weighted by Gasteiger charge is -2.24. The lowest BCUT2D eigenvalue weighted by molar-refractivity contribution is 0.666. The number of fused-ring (bicyclic) bond motifs is 13.